The molecule has 0 aliphatic carbocycles. The van der Waals surface area contributed by atoms with Gasteiger partial charge < -0.3 is 10.1 Å². The Balaban J connectivity index is 2.08. The molecule has 1 unspecified atom stereocenters. The average molecular weight is 275 g/mol. The van der Waals surface area contributed by atoms with Gasteiger partial charge in [0.1, 0.15) is 12.1 Å². The number of thioether (sulfide) groups is 1. The molecule has 0 aliphatic rings. The van der Waals surface area contributed by atoms with E-state index in [-0.39, 0.29) is 6.04 Å². The monoisotopic (exact) mass is 275 g/mol. The van der Waals surface area contributed by atoms with Gasteiger partial charge in [0.25, 0.3) is 0 Å². The average Bonchev–Trinajstić information content (AvgIpc) is 2.49. The molecule has 2 aromatic rings. The molecule has 4 nitrogen and oxygen atoms in total. The van der Waals surface area contributed by atoms with E-state index >= 15 is 0 Å². The number of hydrogen-bond acceptors (Lipinski definition) is 5. The Kier molecular flexibility index (Phi) is 5.18. The molecule has 0 saturated heterocycles. The van der Waals surface area contributed by atoms with Crippen LogP contribution in [-0.4, -0.2) is 29.9 Å². The molecule has 1 N–H and O–H groups in total. The second kappa shape index (κ2) is 7.11. The third-order valence-electron chi connectivity index (χ3n) is 2.82. The Morgan fingerprint density at radius 3 is 2.84 bits per heavy atom. The fraction of sp³-hybridized carbons (Fsp3) is 0.286. The number of nitrogens with one attached hydrogen (secondary N) is 1. The predicted molar refractivity (Wildman–Crippen MR) is 77.6 cm³/mol. The lowest BCUT2D eigenvalue weighted by molar-refractivity contribution is 0.404. The van der Waals surface area contributed by atoms with Gasteiger partial charge in [0.15, 0.2) is 0 Å². The molecular formula is C14H17N3OS. The molecule has 100 valence electrons. The molecule has 0 spiro atoms. The molecule has 2 rings (SSSR count). The number of ether oxygens (including phenoxy) is 1. The Hall–Kier alpha value is -1.59. The lowest BCUT2D eigenvalue weighted by Crippen LogP contribution is -2.19. The highest BCUT2D eigenvalue weighted by molar-refractivity contribution is 7.99. The summed E-state index contributed by atoms with van der Waals surface area (Å²) in [6.45, 7) is 0. The van der Waals surface area contributed by atoms with E-state index in [1.54, 1.807) is 31.4 Å². The molecular weight excluding hydrogens is 258 g/mol. The van der Waals surface area contributed by atoms with Crippen molar-refractivity contribution in [3.8, 4) is 5.75 Å². The van der Waals surface area contributed by atoms with Gasteiger partial charge in [-0.3, -0.25) is 0 Å². The van der Waals surface area contributed by atoms with Crippen LogP contribution >= 0.6 is 11.8 Å². The normalized spacial score (nSPS) is 12.1. The zero-order chi connectivity index (χ0) is 13.5. The number of para-hydroxylation sites is 1. The minimum Gasteiger partial charge on any atom is -0.496 e. The molecule has 1 heterocycles. The number of hydrogen-bond donors (Lipinski definition) is 1. The third kappa shape index (κ3) is 3.68. The molecule has 1 aromatic heterocycles. The quantitative estimate of drug-likeness (QED) is 0.648. The first kappa shape index (κ1) is 13.8. The Bertz CT molecular complexity index is 507. The summed E-state index contributed by atoms with van der Waals surface area (Å²) in [4.78, 5) is 8.13. The zero-order valence-electron chi connectivity index (χ0n) is 11.0. The van der Waals surface area contributed by atoms with Crippen LogP contribution in [0.15, 0.2) is 47.9 Å². The number of aromatic nitrogens is 2. The highest BCUT2D eigenvalue weighted by Gasteiger charge is 2.14. The molecule has 5 heteroatoms. The second-order valence-corrected chi connectivity index (χ2v) is 4.98. The van der Waals surface area contributed by atoms with Gasteiger partial charge in [0.2, 0.25) is 0 Å². The highest BCUT2D eigenvalue weighted by atomic mass is 32.2. The summed E-state index contributed by atoms with van der Waals surface area (Å²) in [6, 6.07) is 10.2. The summed E-state index contributed by atoms with van der Waals surface area (Å²) in [5.74, 6) is 1.79. The van der Waals surface area contributed by atoms with Gasteiger partial charge in [-0.05, 0) is 19.2 Å². The van der Waals surface area contributed by atoms with Crippen molar-refractivity contribution in [2.75, 3.05) is 19.9 Å². The van der Waals surface area contributed by atoms with Crippen LogP contribution in [0.1, 0.15) is 11.6 Å². The molecule has 0 bridgehead atoms. The van der Waals surface area contributed by atoms with E-state index in [1.165, 1.54) is 0 Å². The zero-order valence-corrected chi connectivity index (χ0v) is 11.9. The van der Waals surface area contributed by atoms with Crippen molar-refractivity contribution < 1.29 is 4.74 Å². The summed E-state index contributed by atoms with van der Waals surface area (Å²) in [6.07, 6.45) is 3.33. The minimum absolute atomic E-state index is 0.219. The van der Waals surface area contributed by atoms with Gasteiger partial charge in [-0.2, -0.15) is 0 Å². The lowest BCUT2D eigenvalue weighted by Gasteiger charge is -2.18. The van der Waals surface area contributed by atoms with Crippen molar-refractivity contribution in [1.29, 1.82) is 0 Å². The van der Waals surface area contributed by atoms with Crippen LogP contribution in [0.5, 0.6) is 5.75 Å². The second-order valence-electron chi connectivity index (χ2n) is 3.94. The summed E-state index contributed by atoms with van der Waals surface area (Å²) >= 11 is 1.70. The Morgan fingerprint density at radius 2 is 2.16 bits per heavy atom. The van der Waals surface area contributed by atoms with E-state index in [2.05, 4.69) is 21.4 Å². The van der Waals surface area contributed by atoms with Gasteiger partial charge in [-0.15, -0.1) is 11.8 Å². The molecule has 0 fully saturated rings. The standard InChI is InChI=1S/C14H17N3OS/c1-15-12(9-19-14-7-8-16-10-17-14)11-5-3-4-6-13(11)18-2/h3-8,10,12,15H,9H2,1-2H3. The van der Waals surface area contributed by atoms with Crippen molar-refractivity contribution in [3.05, 3.63) is 48.4 Å². The van der Waals surface area contributed by atoms with Crippen LogP contribution in [0.4, 0.5) is 0 Å². The van der Waals surface area contributed by atoms with E-state index in [4.69, 9.17) is 4.74 Å². The van der Waals surface area contributed by atoms with E-state index in [9.17, 15) is 0 Å². The molecule has 0 saturated carbocycles. The van der Waals surface area contributed by atoms with Crippen molar-refractivity contribution in [3.63, 3.8) is 0 Å². The van der Waals surface area contributed by atoms with E-state index in [1.807, 2.05) is 31.3 Å². The summed E-state index contributed by atoms with van der Waals surface area (Å²) in [7, 11) is 3.65. The van der Waals surface area contributed by atoms with Crippen molar-refractivity contribution >= 4 is 11.8 Å². The maximum atomic E-state index is 5.41. The van der Waals surface area contributed by atoms with Crippen LogP contribution in [0.3, 0.4) is 0 Å². The molecule has 19 heavy (non-hydrogen) atoms. The number of rotatable bonds is 6. The van der Waals surface area contributed by atoms with Crippen LogP contribution < -0.4 is 10.1 Å². The Morgan fingerprint density at radius 1 is 1.32 bits per heavy atom. The van der Waals surface area contributed by atoms with Gasteiger partial charge in [-0.1, -0.05) is 18.2 Å². The SMILES string of the molecule is CNC(CSc1ccncn1)c1ccccc1OC. The van der Waals surface area contributed by atoms with E-state index < -0.39 is 0 Å². The van der Waals surface area contributed by atoms with Crippen molar-refractivity contribution in [2.24, 2.45) is 0 Å². The number of methoxy groups -OCH3 is 1. The van der Waals surface area contributed by atoms with Crippen molar-refractivity contribution in [2.45, 2.75) is 11.1 Å². The first-order valence-electron chi connectivity index (χ1n) is 6.04. The van der Waals surface area contributed by atoms with Gasteiger partial charge >= 0.3 is 0 Å². The summed E-state index contributed by atoms with van der Waals surface area (Å²) in [5, 5.41) is 4.30. The topological polar surface area (TPSA) is 47.0 Å². The van der Waals surface area contributed by atoms with Gasteiger partial charge in [-0.25, -0.2) is 9.97 Å². The third-order valence-corrected chi connectivity index (χ3v) is 3.85. The van der Waals surface area contributed by atoms with Crippen LogP contribution in [-0.2, 0) is 0 Å². The molecule has 1 aromatic carbocycles. The fourth-order valence-corrected chi connectivity index (χ4v) is 2.78. The maximum absolute atomic E-state index is 5.41. The largest absolute Gasteiger partial charge is 0.496 e. The molecule has 0 amide bonds. The number of benzene rings is 1. The van der Waals surface area contributed by atoms with E-state index in [0.717, 1.165) is 22.1 Å². The first-order chi connectivity index (χ1) is 9.35. The molecule has 0 aliphatic heterocycles. The number of nitrogens with zero attached hydrogens (tertiary/aromatic N) is 2. The summed E-state index contributed by atoms with van der Waals surface area (Å²) < 4.78 is 5.41. The van der Waals surface area contributed by atoms with Gasteiger partial charge in [0, 0.05) is 23.6 Å². The van der Waals surface area contributed by atoms with Crippen LogP contribution in [0.2, 0.25) is 0 Å². The molecule has 1 atom stereocenters. The smallest absolute Gasteiger partial charge is 0.123 e. The maximum Gasteiger partial charge on any atom is 0.123 e. The predicted octanol–water partition coefficient (Wildman–Crippen LogP) is 2.54. The minimum atomic E-state index is 0.219. The van der Waals surface area contributed by atoms with Crippen LogP contribution in [0, 0.1) is 0 Å². The highest BCUT2D eigenvalue weighted by Crippen LogP contribution is 2.28. The first-order valence-corrected chi connectivity index (χ1v) is 7.02. The Labute approximate surface area is 117 Å². The van der Waals surface area contributed by atoms with Crippen LogP contribution in [0.25, 0.3) is 0 Å². The summed E-state index contributed by atoms with van der Waals surface area (Å²) in [5.41, 5.74) is 1.16. The lowest BCUT2D eigenvalue weighted by atomic mass is 10.1. The van der Waals surface area contributed by atoms with Gasteiger partial charge in [0.05, 0.1) is 12.1 Å². The fourth-order valence-electron chi connectivity index (χ4n) is 1.82. The molecule has 0 radical (unpaired) electrons. The van der Waals surface area contributed by atoms with Crippen molar-refractivity contribution in [1.82, 2.24) is 15.3 Å². The van der Waals surface area contributed by atoms with E-state index in [0.29, 0.717) is 0 Å².